The van der Waals surface area contributed by atoms with E-state index in [0.29, 0.717) is 17.7 Å². The van der Waals surface area contributed by atoms with Crippen LogP contribution in [0.1, 0.15) is 23.7 Å². The number of nitrogens with zero attached hydrogens (tertiary/aromatic N) is 2. The van der Waals surface area contributed by atoms with Crippen LogP contribution in [0.2, 0.25) is 0 Å². The minimum absolute atomic E-state index is 0.279. The van der Waals surface area contributed by atoms with E-state index in [1.54, 1.807) is 43.5 Å². The molecule has 1 aromatic rings. The van der Waals surface area contributed by atoms with Crippen molar-refractivity contribution in [1.82, 2.24) is 5.01 Å². The van der Waals surface area contributed by atoms with E-state index in [-0.39, 0.29) is 5.91 Å². The lowest BCUT2D eigenvalue weighted by atomic mass is 10.2. The molecule has 1 aromatic carbocycles. The van der Waals surface area contributed by atoms with Gasteiger partial charge in [-0.15, -0.1) is 0 Å². The average molecular weight is 261 g/mol. The summed E-state index contributed by atoms with van der Waals surface area (Å²) in [5.41, 5.74) is 6.56. The molecule has 0 aliphatic carbocycles. The van der Waals surface area contributed by atoms with Crippen LogP contribution in [0, 0.1) is 0 Å². The average Bonchev–Trinajstić information content (AvgIpc) is 2.42. The third-order valence-electron chi connectivity index (χ3n) is 2.56. The number of carbonyl (C=O) groups excluding carboxylic acids is 1. The maximum atomic E-state index is 12.0. The molecule has 102 valence electrons. The number of rotatable bonds is 5. The smallest absolute Gasteiger partial charge is 0.275 e. The Kier molecular flexibility index (Phi) is 5.75. The second-order valence-electron chi connectivity index (χ2n) is 4.04. The Bertz CT molecular complexity index is 483. The highest BCUT2D eigenvalue weighted by Crippen LogP contribution is 2.12. The van der Waals surface area contributed by atoms with Crippen molar-refractivity contribution in [2.45, 2.75) is 19.4 Å². The zero-order valence-electron chi connectivity index (χ0n) is 11.2. The van der Waals surface area contributed by atoms with Crippen molar-refractivity contribution in [2.75, 3.05) is 12.8 Å². The largest absolute Gasteiger partial charge is 0.398 e. The minimum atomic E-state index is -0.489. The highest BCUT2D eigenvalue weighted by molar-refractivity contribution is 5.99. The number of nitrogens with two attached hydrogens (primary N) is 1. The molecule has 1 unspecified atom stereocenters. The number of hydrogen-bond acceptors (Lipinski definition) is 4. The maximum Gasteiger partial charge on any atom is 0.275 e. The van der Waals surface area contributed by atoms with Gasteiger partial charge in [0.05, 0.1) is 11.7 Å². The molecule has 1 rings (SSSR count). The second kappa shape index (κ2) is 7.33. The van der Waals surface area contributed by atoms with E-state index >= 15 is 0 Å². The molecule has 0 heterocycles. The first kappa shape index (κ1) is 14.9. The lowest BCUT2D eigenvalue weighted by Crippen LogP contribution is -2.22. The van der Waals surface area contributed by atoms with Gasteiger partial charge in [-0.05, 0) is 24.6 Å². The summed E-state index contributed by atoms with van der Waals surface area (Å²) in [6, 6.07) is 6.84. The molecular formula is C14H19N3O2. The third-order valence-corrected chi connectivity index (χ3v) is 2.56. The topological polar surface area (TPSA) is 78.9 Å². The number of anilines is 1. The van der Waals surface area contributed by atoms with Crippen LogP contribution < -0.4 is 5.73 Å². The van der Waals surface area contributed by atoms with E-state index in [0.717, 1.165) is 0 Å². The van der Waals surface area contributed by atoms with Crippen LogP contribution in [0.15, 0.2) is 41.5 Å². The highest BCUT2D eigenvalue weighted by atomic mass is 16.3. The number of amides is 1. The molecule has 5 heteroatoms. The number of hydrogen-bond donors (Lipinski definition) is 2. The molecule has 0 aliphatic rings. The number of allylic oxidation sites excluding steroid dienone is 1. The Hall–Kier alpha value is -2.14. The van der Waals surface area contributed by atoms with Gasteiger partial charge in [0.1, 0.15) is 0 Å². The van der Waals surface area contributed by atoms with Crippen LogP contribution in [0.5, 0.6) is 0 Å². The van der Waals surface area contributed by atoms with Crippen LogP contribution in [-0.2, 0) is 0 Å². The molecule has 3 N–H and O–H groups in total. The van der Waals surface area contributed by atoms with E-state index in [1.807, 2.05) is 6.92 Å². The highest BCUT2D eigenvalue weighted by Gasteiger charge is 2.12. The van der Waals surface area contributed by atoms with Crippen LogP contribution in [-0.4, -0.2) is 35.4 Å². The Morgan fingerprint density at radius 2 is 2.21 bits per heavy atom. The quantitative estimate of drug-likeness (QED) is 0.480. The minimum Gasteiger partial charge on any atom is -0.398 e. The van der Waals surface area contributed by atoms with E-state index in [9.17, 15) is 9.90 Å². The molecule has 0 aliphatic heterocycles. The summed E-state index contributed by atoms with van der Waals surface area (Å²) in [6.07, 6.45) is 4.82. The van der Waals surface area contributed by atoms with Gasteiger partial charge in [0.25, 0.3) is 5.91 Å². The summed E-state index contributed by atoms with van der Waals surface area (Å²) in [6.45, 7) is 1.87. The van der Waals surface area contributed by atoms with Gasteiger partial charge >= 0.3 is 0 Å². The normalized spacial score (nSPS) is 13.0. The van der Waals surface area contributed by atoms with Gasteiger partial charge in [-0.3, -0.25) is 4.79 Å². The Balaban J connectivity index is 2.66. The fourth-order valence-corrected chi connectivity index (χ4v) is 1.37. The molecule has 0 fully saturated rings. The van der Waals surface area contributed by atoms with Gasteiger partial charge in [0, 0.05) is 18.9 Å². The van der Waals surface area contributed by atoms with Crippen molar-refractivity contribution in [3.05, 3.63) is 42.0 Å². The third kappa shape index (κ3) is 4.56. The standard InChI is InChI=1S/C14H19N3O2/c1-3-11(18)7-6-10-16-17(2)14(19)12-8-4-5-9-13(12)15/h4-11,18H,3,15H2,1-2H3/b7-6+,16-10+. The SMILES string of the molecule is CCC(O)/C=C/C=N/N(C)C(=O)c1ccccc1N. The van der Waals surface area contributed by atoms with Gasteiger partial charge in [-0.1, -0.05) is 25.1 Å². The number of aliphatic hydroxyl groups is 1. The second-order valence-corrected chi connectivity index (χ2v) is 4.04. The van der Waals surface area contributed by atoms with Gasteiger partial charge in [0.15, 0.2) is 0 Å². The van der Waals surface area contributed by atoms with Crippen LogP contribution in [0.25, 0.3) is 0 Å². The van der Waals surface area contributed by atoms with E-state index in [1.165, 1.54) is 11.2 Å². The monoisotopic (exact) mass is 261 g/mol. The van der Waals surface area contributed by atoms with Crippen molar-refractivity contribution < 1.29 is 9.90 Å². The number of aliphatic hydroxyl groups excluding tert-OH is 1. The molecule has 1 amide bonds. The van der Waals surface area contributed by atoms with Crippen molar-refractivity contribution in [3.63, 3.8) is 0 Å². The summed E-state index contributed by atoms with van der Waals surface area (Å²) in [5.74, 6) is -0.279. The lowest BCUT2D eigenvalue weighted by Gasteiger charge is -2.11. The first-order valence-corrected chi connectivity index (χ1v) is 6.07. The number of carbonyl (C=O) groups is 1. The Morgan fingerprint density at radius 3 is 2.84 bits per heavy atom. The van der Waals surface area contributed by atoms with E-state index < -0.39 is 6.10 Å². The lowest BCUT2D eigenvalue weighted by molar-refractivity contribution is 0.0801. The molecule has 0 bridgehead atoms. The maximum absolute atomic E-state index is 12.0. The summed E-state index contributed by atoms with van der Waals surface area (Å²) in [7, 11) is 1.55. The molecular weight excluding hydrogens is 242 g/mol. The molecule has 0 saturated heterocycles. The molecule has 0 aromatic heterocycles. The first-order valence-electron chi connectivity index (χ1n) is 6.07. The van der Waals surface area contributed by atoms with Gasteiger partial charge in [-0.25, -0.2) is 5.01 Å². The fourth-order valence-electron chi connectivity index (χ4n) is 1.37. The molecule has 5 nitrogen and oxygen atoms in total. The zero-order valence-corrected chi connectivity index (χ0v) is 11.2. The number of hydrazone groups is 1. The Morgan fingerprint density at radius 1 is 1.53 bits per heavy atom. The number of para-hydroxylation sites is 1. The first-order chi connectivity index (χ1) is 9.06. The van der Waals surface area contributed by atoms with Crippen molar-refractivity contribution in [1.29, 1.82) is 0 Å². The number of nitrogen functional groups attached to an aromatic ring is 1. The predicted molar refractivity (Wildman–Crippen MR) is 76.9 cm³/mol. The van der Waals surface area contributed by atoms with Crippen LogP contribution in [0.3, 0.4) is 0 Å². The van der Waals surface area contributed by atoms with Gasteiger partial charge in [0.2, 0.25) is 0 Å². The van der Waals surface area contributed by atoms with Crippen molar-refractivity contribution in [3.8, 4) is 0 Å². The zero-order chi connectivity index (χ0) is 14.3. The molecule has 0 radical (unpaired) electrons. The van der Waals surface area contributed by atoms with E-state index in [4.69, 9.17) is 5.73 Å². The molecule has 0 saturated carbocycles. The summed E-state index contributed by atoms with van der Waals surface area (Å²) in [4.78, 5) is 12.0. The summed E-state index contributed by atoms with van der Waals surface area (Å²) >= 11 is 0. The van der Waals surface area contributed by atoms with Gasteiger partial charge < -0.3 is 10.8 Å². The summed E-state index contributed by atoms with van der Waals surface area (Å²) < 4.78 is 0. The summed E-state index contributed by atoms with van der Waals surface area (Å²) in [5, 5.41) is 14.5. The van der Waals surface area contributed by atoms with Gasteiger partial charge in [-0.2, -0.15) is 5.10 Å². The molecule has 1 atom stereocenters. The fraction of sp³-hybridized carbons (Fsp3) is 0.286. The van der Waals surface area contributed by atoms with Crippen LogP contribution in [0.4, 0.5) is 5.69 Å². The predicted octanol–water partition coefficient (Wildman–Crippen LogP) is 1.65. The molecule has 19 heavy (non-hydrogen) atoms. The van der Waals surface area contributed by atoms with Crippen molar-refractivity contribution >= 4 is 17.8 Å². The molecule has 0 spiro atoms. The Labute approximate surface area is 113 Å². The van der Waals surface area contributed by atoms with E-state index in [2.05, 4.69) is 5.10 Å². The number of benzene rings is 1. The van der Waals surface area contributed by atoms with Crippen molar-refractivity contribution in [2.24, 2.45) is 5.10 Å². The van der Waals surface area contributed by atoms with Crippen LogP contribution >= 0.6 is 0 Å².